The van der Waals surface area contributed by atoms with Crippen molar-refractivity contribution in [3.05, 3.63) is 20.8 Å². The van der Waals surface area contributed by atoms with Crippen LogP contribution < -0.4 is 5.32 Å². The van der Waals surface area contributed by atoms with Gasteiger partial charge in [-0.05, 0) is 41.5 Å². The van der Waals surface area contributed by atoms with Crippen LogP contribution >= 0.6 is 27.3 Å². The van der Waals surface area contributed by atoms with Gasteiger partial charge in [0.25, 0.3) is 0 Å². The van der Waals surface area contributed by atoms with Gasteiger partial charge < -0.3 is 15.0 Å². The fourth-order valence-electron chi connectivity index (χ4n) is 2.85. The third kappa shape index (κ3) is 2.39. The van der Waals surface area contributed by atoms with E-state index in [2.05, 4.69) is 45.3 Å². The Bertz CT molecular complexity index is 419. The van der Waals surface area contributed by atoms with Gasteiger partial charge in [0.15, 0.2) is 0 Å². The normalized spacial score (nSPS) is 28.0. The van der Waals surface area contributed by atoms with E-state index >= 15 is 0 Å². The molecule has 2 saturated heterocycles. The molecule has 2 aliphatic rings. The fourth-order valence-corrected chi connectivity index (χ4v) is 4.41. The van der Waals surface area contributed by atoms with Gasteiger partial charge in [-0.3, -0.25) is 0 Å². The summed E-state index contributed by atoms with van der Waals surface area (Å²) in [5.74, 6) is 0. The van der Waals surface area contributed by atoms with Crippen LogP contribution in [-0.2, 0) is 10.2 Å². The highest BCUT2D eigenvalue weighted by atomic mass is 79.9. The van der Waals surface area contributed by atoms with Crippen LogP contribution in [0.5, 0.6) is 0 Å². The second kappa shape index (κ2) is 5.21. The molecule has 5 heteroatoms. The Morgan fingerprint density at radius 1 is 1.56 bits per heavy atom. The Kier molecular flexibility index (Phi) is 3.78. The average molecular weight is 331 g/mol. The number of hydrogen-bond donors (Lipinski definition) is 1. The Morgan fingerprint density at radius 2 is 2.39 bits per heavy atom. The Hall–Kier alpha value is 0.0600. The van der Waals surface area contributed by atoms with Crippen LogP contribution in [0.3, 0.4) is 0 Å². The van der Waals surface area contributed by atoms with Crippen molar-refractivity contribution >= 4 is 27.3 Å². The lowest BCUT2D eigenvalue weighted by Crippen LogP contribution is -2.56. The van der Waals surface area contributed by atoms with Gasteiger partial charge in [-0.1, -0.05) is 0 Å². The highest BCUT2D eigenvalue weighted by Crippen LogP contribution is 2.42. The molecule has 1 aromatic rings. The minimum absolute atomic E-state index is 0.259. The number of nitrogens with one attached hydrogen (secondary N) is 1. The predicted octanol–water partition coefficient (Wildman–Crippen LogP) is 2.07. The zero-order valence-electron chi connectivity index (χ0n) is 10.6. The van der Waals surface area contributed by atoms with Crippen molar-refractivity contribution in [1.29, 1.82) is 0 Å². The van der Waals surface area contributed by atoms with Crippen molar-refractivity contribution < 1.29 is 4.74 Å². The number of thiophene rings is 1. The third-order valence-electron chi connectivity index (χ3n) is 4.12. The van der Waals surface area contributed by atoms with E-state index in [1.54, 1.807) is 0 Å². The standard InChI is InChI=1S/C13H19BrN2OS/c1-16-5-4-15-7-10(16)6-13(8-17-9-13)11-2-3-12(14)18-11/h2-3,10,15H,4-9H2,1H3. The summed E-state index contributed by atoms with van der Waals surface area (Å²) < 4.78 is 6.75. The monoisotopic (exact) mass is 330 g/mol. The summed E-state index contributed by atoms with van der Waals surface area (Å²) in [7, 11) is 2.24. The van der Waals surface area contributed by atoms with E-state index in [1.807, 2.05) is 11.3 Å². The lowest BCUT2D eigenvalue weighted by Gasteiger charge is -2.46. The van der Waals surface area contributed by atoms with Gasteiger partial charge in [0.1, 0.15) is 0 Å². The first-order valence-electron chi connectivity index (χ1n) is 6.44. The molecule has 18 heavy (non-hydrogen) atoms. The van der Waals surface area contributed by atoms with Gasteiger partial charge in [-0.2, -0.15) is 0 Å². The summed E-state index contributed by atoms with van der Waals surface area (Å²) >= 11 is 5.43. The summed E-state index contributed by atoms with van der Waals surface area (Å²) in [5.41, 5.74) is 0.259. The van der Waals surface area contributed by atoms with E-state index in [4.69, 9.17) is 4.74 Å². The van der Waals surface area contributed by atoms with Gasteiger partial charge in [-0.15, -0.1) is 11.3 Å². The van der Waals surface area contributed by atoms with Crippen LogP contribution in [0.25, 0.3) is 0 Å². The molecule has 100 valence electrons. The molecule has 0 saturated carbocycles. The first-order valence-corrected chi connectivity index (χ1v) is 8.05. The summed E-state index contributed by atoms with van der Waals surface area (Å²) in [6.07, 6.45) is 1.20. The predicted molar refractivity (Wildman–Crippen MR) is 78.4 cm³/mol. The molecule has 0 amide bonds. The number of likely N-dealkylation sites (N-methyl/N-ethyl adjacent to an activating group) is 1. The molecule has 1 aromatic heterocycles. The van der Waals surface area contributed by atoms with E-state index in [1.165, 1.54) is 15.1 Å². The molecular weight excluding hydrogens is 312 g/mol. The summed E-state index contributed by atoms with van der Waals surface area (Å²) in [4.78, 5) is 3.96. The van der Waals surface area contributed by atoms with E-state index in [-0.39, 0.29) is 5.41 Å². The van der Waals surface area contributed by atoms with Crippen molar-refractivity contribution in [3.63, 3.8) is 0 Å². The van der Waals surface area contributed by atoms with Gasteiger partial charge >= 0.3 is 0 Å². The molecule has 1 atom stereocenters. The molecule has 0 bridgehead atoms. The lowest BCUT2D eigenvalue weighted by atomic mass is 9.77. The Morgan fingerprint density at radius 3 is 2.94 bits per heavy atom. The first-order chi connectivity index (χ1) is 8.70. The summed E-state index contributed by atoms with van der Waals surface area (Å²) in [6.45, 7) is 5.12. The van der Waals surface area contributed by atoms with E-state index in [0.29, 0.717) is 6.04 Å². The van der Waals surface area contributed by atoms with Crippen molar-refractivity contribution in [3.8, 4) is 0 Å². The second-order valence-electron chi connectivity index (χ2n) is 5.42. The molecular formula is C13H19BrN2OS. The molecule has 0 aromatic carbocycles. The number of rotatable bonds is 3. The number of halogens is 1. The maximum Gasteiger partial charge on any atom is 0.0701 e. The second-order valence-corrected chi connectivity index (χ2v) is 7.88. The molecule has 3 rings (SSSR count). The summed E-state index contributed by atoms with van der Waals surface area (Å²) in [5, 5.41) is 3.50. The molecule has 0 spiro atoms. The van der Waals surface area contributed by atoms with Crippen molar-refractivity contribution in [2.75, 3.05) is 39.9 Å². The van der Waals surface area contributed by atoms with E-state index < -0.39 is 0 Å². The first kappa shape index (κ1) is 13.1. The van der Waals surface area contributed by atoms with Crippen LogP contribution in [0.15, 0.2) is 15.9 Å². The number of nitrogens with zero attached hydrogens (tertiary/aromatic N) is 1. The highest BCUT2D eigenvalue weighted by Gasteiger charge is 2.44. The topological polar surface area (TPSA) is 24.5 Å². The summed E-state index contributed by atoms with van der Waals surface area (Å²) in [6, 6.07) is 5.04. The smallest absolute Gasteiger partial charge is 0.0701 e. The lowest BCUT2D eigenvalue weighted by molar-refractivity contribution is -0.0735. The Balaban J connectivity index is 1.75. The number of piperazine rings is 1. The average Bonchev–Trinajstić information content (AvgIpc) is 2.73. The van der Waals surface area contributed by atoms with Crippen molar-refractivity contribution in [2.45, 2.75) is 17.9 Å². The molecule has 0 radical (unpaired) electrons. The minimum atomic E-state index is 0.259. The maximum atomic E-state index is 5.53. The van der Waals surface area contributed by atoms with Gasteiger partial charge in [0, 0.05) is 30.6 Å². The number of ether oxygens (including phenoxy) is 1. The van der Waals surface area contributed by atoms with Gasteiger partial charge in [-0.25, -0.2) is 0 Å². The minimum Gasteiger partial charge on any atom is -0.379 e. The zero-order valence-corrected chi connectivity index (χ0v) is 13.0. The molecule has 1 N–H and O–H groups in total. The van der Waals surface area contributed by atoms with Crippen molar-refractivity contribution in [1.82, 2.24) is 10.2 Å². The fraction of sp³-hybridized carbons (Fsp3) is 0.692. The maximum absolute atomic E-state index is 5.53. The van der Waals surface area contributed by atoms with E-state index in [9.17, 15) is 0 Å². The van der Waals surface area contributed by atoms with Crippen molar-refractivity contribution in [2.24, 2.45) is 0 Å². The third-order valence-corrected chi connectivity index (χ3v) is 5.99. The van der Waals surface area contributed by atoms with Crippen LogP contribution in [0.4, 0.5) is 0 Å². The SMILES string of the molecule is CN1CCNCC1CC1(c2ccc(Br)s2)COC1. The molecule has 3 nitrogen and oxygen atoms in total. The van der Waals surface area contributed by atoms with Crippen LogP contribution in [0, 0.1) is 0 Å². The van der Waals surface area contributed by atoms with E-state index in [0.717, 1.165) is 32.8 Å². The zero-order chi connectivity index (χ0) is 12.6. The van der Waals surface area contributed by atoms with Gasteiger partial charge in [0.2, 0.25) is 0 Å². The van der Waals surface area contributed by atoms with Crippen LogP contribution in [-0.4, -0.2) is 50.8 Å². The van der Waals surface area contributed by atoms with Crippen LogP contribution in [0.1, 0.15) is 11.3 Å². The highest BCUT2D eigenvalue weighted by molar-refractivity contribution is 9.11. The molecule has 2 fully saturated rings. The van der Waals surface area contributed by atoms with Gasteiger partial charge in [0.05, 0.1) is 22.4 Å². The molecule has 0 aliphatic carbocycles. The largest absolute Gasteiger partial charge is 0.379 e. The number of hydrogen-bond acceptors (Lipinski definition) is 4. The Labute approximate surface area is 121 Å². The molecule has 3 heterocycles. The quantitative estimate of drug-likeness (QED) is 0.918. The molecule has 2 aliphatic heterocycles. The van der Waals surface area contributed by atoms with Crippen LogP contribution in [0.2, 0.25) is 0 Å². The molecule has 1 unspecified atom stereocenters.